The maximum atomic E-state index is 3.52. The molecule has 90 valence electrons. The van der Waals surface area contributed by atoms with Crippen LogP contribution >= 0.6 is 0 Å². The lowest BCUT2D eigenvalue weighted by molar-refractivity contribution is 0.519. The van der Waals surface area contributed by atoms with Crippen LogP contribution in [0.2, 0.25) is 0 Å². The first-order valence-electron chi connectivity index (χ1n) is 6.62. The Morgan fingerprint density at radius 3 is 2.12 bits per heavy atom. The van der Waals surface area contributed by atoms with E-state index in [-0.39, 0.29) is 0 Å². The highest BCUT2D eigenvalue weighted by atomic mass is 14.9. The van der Waals surface area contributed by atoms with Gasteiger partial charge in [-0.25, -0.2) is 0 Å². The molecule has 1 aromatic carbocycles. The third-order valence-corrected chi connectivity index (χ3v) is 3.24. The monoisotopic (exact) mass is 219 g/mol. The van der Waals surface area contributed by atoms with E-state index in [4.69, 9.17) is 0 Å². The fourth-order valence-electron chi connectivity index (χ4n) is 1.92. The van der Waals surface area contributed by atoms with E-state index in [0.717, 1.165) is 12.5 Å². The summed E-state index contributed by atoms with van der Waals surface area (Å²) in [6.07, 6.45) is 4.93. The Labute approximate surface area is 100 Å². The van der Waals surface area contributed by atoms with Crippen LogP contribution in [0.1, 0.15) is 45.6 Å². The fourth-order valence-corrected chi connectivity index (χ4v) is 1.92. The minimum Gasteiger partial charge on any atom is -0.385 e. The van der Waals surface area contributed by atoms with Gasteiger partial charge in [0.05, 0.1) is 0 Å². The van der Waals surface area contributed by atoms with Gasteiger partial charge < -0.3 is 5.32 Å². The summed E-state index contributed by atoms with van der Waals surface area (Å²) in [5.41, 5.74) is 2.70. The summed E-state index contributed by atoms with van der Waals surface area (Å²) in [7, 11) is 0. The van der Waals surface area contributed by atoms with Crippen LogP contribution in [0.4, 0.5) is 5.69 Å². The second kappa shape index (κ2) is 7.32. The zero-order valence-electron chi connectivity index (χ0n) is 10.9. The van der Waals surface area contributed by atoms with Gasteiger partial charge in [-0.05, 0) is 30.0 Å². The summed E-state index contributed by atoms with van der Waals surface area (Å²) >= 11 is 0. The largest absolute Gasteiger partial charge is 0.385 e. The molecule has 16 heavy (non-hydrogen) atoms. The molecule has 0 heterocycles. The summed E-state index contributed by atoms with van der Waals surface area (Å²) < 4.78 is 0. The number of aryl methyl sites for hydroxylation is 1. The number of rotatable bonds is 7. The third kappa shape index (κ3) is 4.26. The van der Waals surface area contributed by atoms with Gasteiger partial charge >= 0.3 is 0 Å². The fraction of sp³-hybridized carbons (Fsp3) is 0.600. The molecule has 0 aliphatic heterocycles. The lowest BCUT2D eigenvalue weighted by Gasteiger charge is -2.14. The zero-order valence-corrected chi connectivity index (χ0v) is 10.9. The highest BCUT2D eigenvalue weighted by molar-refractivity contribution is 5.44. The number of hydrogen-bond donors (Lipinski definition) is 1. The number of anilines is 1. The van der Waals surface area contributed by atoms with Crippen LogP contribution in [0.5, 0.6) is 0 Å². The zero-order chi connectivity index (χ0) is 11.8. The lowest BCUT2D eigenvalue weighted by atomic mass is 10.0. The maximum Gasteiger partial charge on any atom is 0.0340 e. The van der Waals surface area contributed by atoms with Crippen molar-refractivity contribution in [2.75, 3.05) is 11.9 Å². The van der Waals surface area contributed by atoms with E-state index in [2.05, 4.69) is 50.4 Å². The van der Waals surface area contributed by atoms with Crippen molar-refractivity contribution in [1.29, 1.82) is 0 Å². The molecule has 0 amide bonds. The van der Waals surface area contributed by atoms with E-state index in [1.807, 2.05) is 0 Å². The lowest BCUT2D eigenvalue weighted by Crippen LogP contribution is -2.12. The van der Waals surface area contributed by atoms with Crippen LogP contribution in [-0.2, 0) is 6.42 Å². The molecule has 0 atom stereocenters. The highest BCUT2D eigenvalue weighted by Gasteiger charge is 2.02. The van der Waals surface area contributed by atoms with Gasteiger partial charge in [-0.3, -0.25) is 0 Å². The predicted molar refractivity (Wildman–Crippen MR) is 73.0 cm³/mol. The molecule has 1 N–H and O–H groups in total. The van der Waals surface area contributed by atoms with E-state index in [1.165, 1.54) is 36.9 Å². The molecule has 0 aliphatic carbocycles. The molecule has 0 unspecified atom stereocenters. The van der Waals surface area contributed by atoms with Crippen LogP contribution < -0.4 is 5.32 Å². The van der Waals surface area contributed by atoms with E-state index >= 15 is 0 Å². The quantitative estimate of drug-likeness (QED) is 0.712. The molecule has 0 saturated heterocycles. The Kier molecular flexibility index (Phi) is 5.99. The van der Waals surface area contributed by atoms with E-state index in [9.17, 15) is 0 Å². The van der Waals surface area contributed by atoms with Gasteiger partial charge in [-0.2, -0.15) is 0 Å². The smallest absolute Gasteiger partial charge is 0.0340 e. The van der Waals surface area contributed by atoms with Crippen molar-refractivity contribution in [2.24, 2.45) is 5.92 Å². The molecular formula is C15H25N. The van der Waals surface area contributed by atoms with Gasteiger partial charge in [0.15, 0.2) is 0 Å². The summed E-state index contributed by atoms with van der Waals surface area (Å²) in [6.45, 7) is 7.85. The average Bonchev–Trinajstić information content (AvgIpc) is 2.33. The van der Waals surface area contributed by atoms with Crippen LogP contribution in [0, 0.1) is 5.92 Å². The Hall–Kier alpha value is -0.980. The second-order valence-corrected chi connectivity index (χ2v) is 4.51. The van der Waals surface area contributed by atoms with Crippen molar-refractivity contribution < 1.29 is 0 Å². The topological polar surface area (TPSA) is 12.0 Å². The number of nitrogens with one attached hydrogen (secondary N) is 1. The van der Waals surface area contributed by atoms with Crippen molar-refractivity contribution >= 4 is 5.69 Å². The average molecular weight is 219 g/mol. The molecule has 1 heteroatoms. The molecule has 0 aromatic heterocycles. The molecule has 1 nitrogen and oxygen atoms in total. The van der Waals surface area contributed by atoms with Crippen molar-refractivity contribution in [3.05, 3.63) is 29.8 Å². The van der Waals surface area contributed by atoms with Gasteiger partial charge in [-0.15, -0.1) is 0 Å². The van der Waals surface area contributed by atoms with Gasteiger partial charge in [0.1, 0.15) is 0 Å². The molecule has 0 spiro atoms. The molecular weight excluding hydrogens is 194 g/mol. The standard InChI is InChI=1S/C15H25N/c1-4-7-14-8-10-15(11-9-14)16-12-13(5-2)6-3/h8-11,13,16H,4-7,12H2,1-3H3. The van der Waals surface area contributed by atoms with Crippen molar-refractivity contribution in [3.63, 3.8) is 0 Å². The molecule has 1 rings (SSSR count). The van der Waals surface area contributed by atoms with Crippen LogP contribution in [0.25, 0.3) is 0 Å². The first-order chi connectivity index (χ1) is 7.80. The summed E-state index contributed by atoms with van der Waals surface area (Å²) in [4.78, 5) is 0. The van der Waals surface area contributed by atoms with Gasteiger partial charge in [0.25, 0.3) is 0 Å². The Balaban J connectivity index is 2.42. The van der Waals surface area contributed by atoms with Crippen molar-refractivity contribution in [3.8, 4) is 0 Å². The highest BCUT2D eigenvalue weighted by Crippen LogP contribution is 2.13. The molecule has 0 fully saturated rings. The number of hydrogen-bond acceptors (Lipinski definition) is 1. The van der Waals surface area contributed by atoms with Crippen LogP contribution in [0.15, 0.2) is 24.3 Å². The normalized spacial score (nSPS) is 10.8. The molecule has 0 radical (unpaired) electrons. The van der Waals surface area contributed by atoms with E-state index in [0.29, 0.717) is 0 Å². The molecule has 0 saturated carbocycles. The van der Waals surface area contributed by atoms with E-state index < -0.39 is 0 Å². The SMILES string of the molecule is CCCc1ccc(NCC(CC)CC)cc1. The van der Waals surface area contributed by atoms with Crippen molar-refractivity contribution in [1.82, 2.24) is 0 Å². The van der Waals surface area contributed by atoms with Crippen molar-refractivity contribution in [2.45, 2.75) is 46.5 Å². The summed E-state index contributed by atoms with van der Waals surface area (Å²) in [5, 5.41) is 3.52. The molecule has 0 bridgehead atoms. The predicted octanol–water partition coefficient (Wildman–Crippen LogP) is 4.49. The minimum absolute atomic E-state index is 0.801. The molecule has 1 aromatic rings. The third-order valence-electron chi connectivity index (χ3n) is 3.24. The van der Waals surface area contributed by atoms with Gasteiger partial charge in [-0.1, -0.05) is 52.2 Å². The number of benzene rings is 1. The summed E-state index contributed by atoms with van der Waals surface area (Å²) in [5.74, 6) is 0.801. The first kappa shape index (κ1) is 13.1. The second-order valence-electron chi connectivity index (χ2n) is 4.51. The minimum atomic E-state index is 0.801. The van der Waals surface area contributed by atoms with Crippen LogP contribution in [0.3, 0.4) is 0 Å². The first-order valence-corrected chi connectivity index (χ1v) is 6.62. The van der Waals surface area contributed by atoms with Gasteiger partial charge in [0, 0.05) is 12.2 Å². The Morgan fingerprint density at radius 1 is 1.00 bits per heavy atom. The summed E-state index contributed by atoms with van der Waals surface area (Å²) in [6, 6.07) is 8.87. The molecule has 0 aliphatic rings. The Morgan fingerprint density at radius 2 is 1.62 bits per heavy atom. The maximum absolute atomic E-state index is 3.52. The van der Waals surface area contributed by atoms with Gasteiger partial charge in [0.2, 0.25) is 0 Å². The van der Waals surface area contributed by atoms with E-state index in [1.54, 1.807) is 0 Å². The van der Waals surface area contributed by atoms with Crippen LogP contribution in [-0.4, -0.2) is 6.54 Å². The Bertz CT molecular complexity index is 272.